The molecule has 1 aromatic heterocycles. The van der Waals surface area contributed by atoms with Crippen molar-refractivity contribution in [2.24, 2.45) is 15.9 Å². The molecule has 16 nitrogen and oxygen atoms in total. The Morgan fingerprint density at radius 2 is 1.75 bits per heavy atom. The smallest absolute Gasteiger partial charge is 0.284 e. The minimum Gasteiger partial charge on any atom is -0.382 e. The third-order valence-electron chi connectivity index (χ3n) is 13.0. The number of carbonyl (C=O) groups is 5. The summed E-state index contributed by atoms with van der Waals surface area (Å²) in [6, 6.07) is 4.55. The molecule has 0 bridgehead atoms. The molecule has 18 heteroatoms. The summed E-state index contributed by atoms with van der Waals surface area (Å²) in [5, 5.41) is 12.7. The summed E-state index contributed by atoms with van der Waals surface area (Å²) in [5.74, 6) is -1.49. The highest BCUT2D eigenvalue weighted by molar-refractivity contribution is 6.60. The van der Waals surface area contributed by atoms with Gasteiger partial charge in [-0.05, 0) is 82.9 Å². The number of benzene rings is 1. The third-order valence-corrected chi connectivity index (χ3v) is 13.0. The minimum atomic E-state index is -2.87. The number of nitrogens with one attached hydrogen (secondary N) is 3. The monoisotopic (exact) mass is 826 g/mol. The Balaban J connectivity index is 0.751. The Bertz CT molecular complexity index is 2230. The van der Waals surface area contributed by atoms with Crippen LogP contribution in [0.3, 0.4) is 0 Å². The maximum Gasteiger partial charge on any atom is 0.284 e. The zero-order chi connectivity index (χ0) is 41.7. The Morgan fingerprint density at radius 3 is 2.48 bits per heavy atom. The van der Waals surface area contributed by atoms with Gasteiger partial charge < -0.3 is 25.2 Å². The SMILES string of the molecule is CN(CC1CCC(n2cc(NC(=O)C3=CN=C4C=C(N5CCOCC5)N=C34)c(C(F)F)n2)CC1)C1CCC(Nc2cccc3c2C(=O)N(C2CCC(=O)NC2=O)C3=O)CC1. The van der Waals surface area contributed by atoms with Crippen molar-refractivity contribution in [2.45, 2.75) is 94.8 Å². The van der Waals surface area contributed by atoms with Crippen molar-refractivity contribution in [3.63, 3.8) is 0 Å². The number of anilines is 2. The molecule has 0 radical (unpaired) electrons. The van der Waals surface area contributed by atoms with Crippen LogP contribution in [0.25, 0.3) is 0 Å². The van der Waals surface area contributed by atoms with Gasteiger partial charge in [-0.2, -0.15) is 5.10 Å². The molecule has 60 heavy (non-hydrogen) atoms. The van der Waals surface area contributed by atoms with Gasteiger partial charge in [-0.25, -0.2) is 13.8 Å². The van der Waals surface area contributed by atoms with Gasteiger partial charge in [-0.15, -0.1) is 0 Å². The van der Waals surface area contributed by atoms with Crippen molar-refractivity contribution in [3.8, 4) is 0 Å². The number of alkyl halides is 2. The number of aliphatic imine (C=N–C) groups is 2. The predicted octanol–water partition coefficient (Wildman–Crippen LogP) is 4.21. The molecule has 5 amide bonds. The number of piperidine rings is 1. The number of halogens is 2. The Morgan fingerprint density at radius 1 is 0.983 bits per heavy atom. The van der Waals surface area contributed by atoms with Crippen LogP contribution >= 0.6 is 0 Å². The van der Waals surface area contributed by atoms with E-state index in [0.29, 0.717) is 61.2 Å². The number of nitrogens with zero attached hydrogens (tertiary/aromatic N) is 7. The normalized spacial score (nSPS) is 26.8. The molecule has 316 valence electrons. The number of ether oxygens (including phenoxy) is 1. The Hall–Kier alpha value is -5.62. The van der Waals surface area contributed by atoms with E-state index < -0.39 is 47.7 Å². The summed E-state index contributed by atoms with van der Waals surface area (Å²) >= 11 is 0. The van der Waals surface area contributed by atoms with Gasteiger partial charge in [0.25, 0.3) is 24.1 Å². The summed E-state index contributed by atoms with van der Waals surface area (Å²) in [7, 11) is 2.16. The van der Waals surface area contributed by atoms with E-state index in [9.17, 15) is 32.8 Å². The average Bonchev–Trinajstić information content (AvgIpc) is 4.02. The molecule has 2 aliphatic carbocycles. The van der Waals surface area contributed by atoms with Crippen molar-refractivity contribution < 1.29 is 37.5 Å². The fourth-order valence-corrected chi connectivity index (χ4v) is 9.71. The van der Waals surface area contributed by atoms with Crippen LogP contribution < -0.4 is 16.0 Å². The summed E-state index contributed by atoms with van der Waals surface area (Å²) in [4.78, 5) is 78.9. The average molecular weight is 827 g/mol. The van der Waals surface area contributed by atoms with E-state index in [1.807, 2.05) is 6.08 Å². The first kappa shape index (κ1) is 39.8. The summed E-state index contributed by atoms with van der Waals surface area (Å²) in [5.41, 5.74) is 1.87. The van der Waals surface area contributed by atoms with E-state index in [4.69, 9.17) is 4.74 Å². The predicted molar refractivity (Wildman–Crippen MR) is 216 cm³/mol. The highest BCUT2D eigenvalue weighted by Gasteiger charge is 2.46. The van der Waals surface area contributed by atoms with Crippen LogP contribution in [0.2, 0.25) is 0 Å². The third kappa shape index (κ3) is 7.66. The van der Waals surface area contributed by atoms with E-state index in [0.717, 1.165) is 62.8 Å². The van der Waals surface area contributed by atoms with E-state index in [1.54, 1.807) is 22.9 Å². The number of rotatable bonds is 11. The van der Waals surface area contributed by atoms with Crippen molar-refractivity contribution >= 4 is 52.3 Å². The molecule has 7 aliphatic rings. The molecule has 2 aromatic rings. The molecule has 1 unspecified atom stereocenters. The lowest BCUT2D eigenvalue weighted by molar-refractivity contribution is -0.136. The second-order valence-electron chi connectivity index (χ2n) is 16.7. The number of morpholine rings is 1. The lowest BCUT2D eigenvalue weighted by atomic mass is 9.84. The largest absolute Gasteiger partial charge is 0.382 e. The van der Waals surface area contributed by atoms with Crippen LogP contribution in [0.1, 0.15) is 103 Å². The van der Waals surface area contributed by atoms with E-state index in [2.05, 4.69) is 47.9 Å². The molecule has 0 spiro atoms. The number of carbonyl (C=O) groups excluding carboxylic acids is 5. The number of fused-ring (bicyclic) bond motifs is 2. The summed E-state index contributed by atoms with van der Waals surface area (Å²) in [6.45, 7) is 3.47. The fourth-order valence-electron chi connectivity index (χ4n) is 9.71. The molecule has 2 saturated heterocycles. The minimum absolute atomic E-state index is 0.0119. The van der Waals surface area contributed by atoms with Gasteiger partial charge in [0.1, 0.15) is 17.6 Å². The molecule has 6 heterocycles. The lowest BCUT2D eigenvalue weighted by Crippen LogP contribution is -2.54. The molecule has 2 saturated carbocycles. The van der Waals surface area contributed by atoms with Gasteiger partial charge in [0, 0.05) is 62.3 Å². The van der Waals surface area contributed by atoms with E-state index in [-0.39, 0.29) is 47.3 Å². The van der Waals surface area contributed by atoms with Gasteiger partial charge >= 0.3 is 0 Å². The van der Waals surface area contributed by atoms with Gasteiger partial charge in [0.05, 0.1) is 47.4 Å². The summed E-state index contributed by atoms with van der Waals surface area (Å²) < 4.78 is 35.5. The van der Waals surface area contributed by atoms with Crippen molar-refractivity contribution in [3.05, 3.63) is 64.9 Å². The second kappa shape index (κ2) is 16.4. The number of imide groups is 2. The van der Waals surface area contributed by atoms with Crippen molar-refractivity contribution in [1.82, 2.24) is 29.8 Å². The molecular formula is C42H48F2N10O6. The molecular weight excluding hydrogens is 779 g/mol. The number of aromatic nitrogens is 2. The fraction of sp³-hybridized carbons (Fsp3) is 0.524. The summed E-state index contributed by atoms with van der Waals surface area (Å²) in [6.07, 6.45) is 9.15. The highest BCUT2D eigenvalue weighted by Crippen LogP contribution is 2.38. The molecule has 1 aromatic carbocycles. The molecule has 5 aliphatic heterocycles. The standard InChI is InChI=1S/C42H48F2N10O6/c1-51(25-11-7-24(8-12-25)46-29-4-2-3-27-35(29)42(59)54(41(27)58)32-13-14-34(55)49-40(32)57)21-23-5-9-26(10-6-23)53-22-31(37(50-53)38(43)44)47-39(56)28-20-45-30-19-33(48-36(28)30)52-15-17-60-18-16-52/h2-4,19-20,22-26,32,38,46H,5-18,21H2,1H3,(H,47,56)(H,49,55,57). The van der Waals surface area contributed by atoms with Crippen LogP contribution in [0.4, 0.5) is 20.2 Å². The van der Waals surface area contributed by atoms with Crippen LogP contribution in [-0.4, -0.2) is 123 Å². The van der Waals surface area contributed by atoms with Crippen molar-refractivity contribution in [2.75, 3.05) is 50.5 Å². The van der Waals surface area contributed by atoms with Crippen molar-refractivity contribution in [1.29, 1.82) is 0 Å². The molecule has 4 fully saturated rings. The molecule has 1 atom stereocenters. The number of amides is 5. The Labute approximate surface area is 345 Å². The maximum absolute atomic E-state index is 14.2. The molecule has 3 N–H and O–H groups in total. The van der Waals surface area contributed by atoms with Crippen LogP contribution in [0.15, 0.2) is 58.1 Å². The van der Waals surface area contributed by atoms with E-state index >= 15 is 0 Å². The van der Waals surface area contributed by atoms with Gasteiger partial charge in [-0.3, -0.25) is 43.9 Å². The number of allylic oxidation sites excluding steroid dienone is 1. The number of hydrogen-bond donors (Lipinski definition) is 3. The first-order chi connectivity index (χ1) is 29.0. The topological polar surface area (TPSA) is 183 Å². The van der Waals surface area contributed by atoms with Crippen LogP contribution in [-0.2, 0) is 19.1 Å². The zero-order valence-corrected chi connectivity index (χ0v) is 33.4. The quantitative estimate of drug-likeness (QED) is 0.278. The van der Waals surface area contributed by atoms with Gasteiger partial charge in [0.2, 0.25) is 11.8 Å². The van der Waals surface area contributed by atoms with E-state index in [1.165, 1.54) is 12.4 Å². The van der Waals surface area contributed by atoms with Crippen LogP contribution in [0.5, 0.6) is 0 Å². The first-order valence-corrected chi connectivity index (χ1v) is 20.9. The van der Waals surface area contributed by atoms with Crippen LogP contribution in [0, 0.1) is 5.92 Å². The molecule has 9 rings (SSSR count). The van der Waals surface area contributed by atoms with Gasteiger partial charge in [-0.1, -0.05) is 6.07 Å². The highest BCUT2D eigenvalue weighted by atomic mass is 19.3. The maximum atomic E-state index is 14.2. The zero-order valence-electron chi connectivity index (χ0n) is 33.4. The Kier molecular flexibility index (Phi) is 10.9. The second-order valence-corrected chi connectivity index (χ2v) is 16.7. The number of hydrogen-bond acceptors (Lipinski definition) is 12. The first-order valence-electron chi connectivity index (χ1n) is 20.9. The lowest BCUT2D eigenvalue weighted by Gasteiger charge is -2.38. The van der Waals surface area contributed by atoms with Gasteiger partial charge in [0.15, 0.2) is 5.69 Å².